The van der Waals surface area contributed by atoms with Crippen molar-refractivity contribution in [2.45, 2.75) is 19.8 Å². The maximum Gasteiger partial charge on any atom is 0.174 e. The van der Waals surface area contributed by atoms with Crippen molar-refractivity contribution in [1.82, 2.24) is 0 Å². The second-order valence-corrected chi connectivity index (χ2v) is 3.74. The molecule has 0 radical (unpaired) electrons. The van der Waals surface area contributed by atoms with E-state index in [2.05, 4.69) is 13.0 Å². The molecule has 1 aromatic heterocycles. The second-order valence-electron chi connectivity index (χ2n) is 2.61. The first-order valence-electron chi connectivity index (χ1n) is 4.28. The zero-order chi connectivity index (χ0) is 8.81. The summed E-state index contributed by atoms with van der Waals surface area (Å²) in [5, 5.41) is 0.990. The third kappa shape index (κ3) is 2.83. The Morgan fingerprint density at radius 1 is 1.50 bits per heavy atom. The number of hydrogen-bond donors (Lipinski definition) is 1. The van der Waals surface area contributed by atoms with Gasteiger partial charge in [-0.25, -0.2) is 0 Å². The van der Waals surface area contributed by atoms with Gasteiger partial charge in [-0.2, -0.15) is 0 Å². The molecular formula is C9H15NOS. The van der Waals surface area contributed by atoms with Gasteiger partial charge in [-0.3, -0.25) is 0 Å². The van der Waals surface area contributed by atoms with Crippen molar-refractivity contribution >= 4 is 11.3 Å². The Morgan fingerprint density at radius 2 is 2.33 bits per heavy atom. The van der Waals surface area contributed by atoms with E-state index in [4.69, 9.17) is 10.5 Å². The van der Waals surface area contributed by atoms with E-state index >= 15 is 0 Å². The molecule has 0 bridgehead atoms. The highest BCUT2D eigenvalue weighted by Gasteiger charge is 1.98. The highest BCUT2D eigenvalue weighted by molar-refractivity contribution is 7.13. The minimum Gasteiger partial charge on any atom is -0.483 e. The lowest BCUT2D eigenvalue weighted by Gasteiger charge is -1.98. The average molecular weight is 185 g/mol. The van der Waals surface area contributed by atoms with Gasteiger partial charge < -0.3 is 10.5 Å². The SMILES string of the molecule is CCCc1ccc(OCCN)s1. The number of rotatable bonds is 5. The van der Waals surface area contributed by atoms with Gasteiger partial charge in [0.2, 0.25) is 0 Å². The Labute approximate surface area is 77.3 Å². The first-order valence-corrected chi connectivity index (χ1v) is 5.10. The van der Waals surface area contributed by atoms with Crippen molar-refractivity contribution in [1.29, 1.82) is 0 Å². The molecule has 0 saturated heterocycles. The molecule has 0 spiro atoms. The number of nitrogens with two attached hydrogens (primary N) is 1. The van der Waals surface area contributed by atoms with Crippen LogP contribution in [0.2, 0.25) is 0 Å². The van der Waals surface area contributed by atoms with E-state index in [0.717, 1.165) is 11.5 Å². The summed E-state index contributed by atoms with van der Waals surface area (Å²) >= 11 is 1.72. The molecule has 0 amide bonds. The number of hydrogen-bond acceptors (Lipinski definition) is 3. The number of ether oxygens (including phenoxy) is 1. The molecule has 0 unspecified atom stereocenters. The molecule has 1 heterocycles. The van der Waals surface area contributed by atoms with E-state index in [1.54, 1.807) is 11.3 Å². The fourth-order valence-corrected chi connectivity index (χ4v) is 1.96. The first-order chi connectivity index (χ1) is 5.86. The largest absolute Gasteiger partial charge is 0.483 e. The maximum absolute atomic E-state index is 5.38. The molecular weight excluding hydrogens is 170 g/mol. The van der Waals surface area contributed by atoms with Gasteiger partial charge in [0.25, 0.3) is 0 Å². The molecule has 1 rings (SSSR count). The normalized spacial score (nSPS) is 10.2. The fourth-order valence-electron chi connectivity index (χ4n) is 0.976. The minimum absolute atomic E-state index is 0.584. The van der Waals surface area contributed by atoms with Crippen molar-refractivity contribution in [3.63, 3.8) is 0 Å². The number of thiophene rings is 1. The molecule has 68 valence electrons. The van der Waals surface area contributed by atoms with Crippen molar-refractivity contribution in [3.8, 4) is 5.06 Å². The summed E-state index contributed by atoms with van der Waals surface area (Å²) in [5.74, 6) is 0. The van der Waals surface area contributed by atoms with E-state index in [9.17, 15) is 0 Å². The Balaban J connectivity index is 2.41. The van der Waals surface area contributed by atoms with Crippen LogP contribution in [0.25, 0.3) is 0 Å². The van der Waals surface area contributed by atoms with Gasteiger partial charge in [-0.15, -0.1) is 11.3 Å². The van der Waals surface area contributed by atoms with Gasteiger partial charge in [-0.05, 0) is 18.6 Å². The molecule has 0 fully saturated rings. The lowest BCUT2D eigenvalue weighted by atomic mass is 10.3. The molecule has 2 nitrogen and oxygen atoms in total. The van der Waals surface area contributed by atoms with Gasteiger partial charge in [-0.1, -0.05) is 13.3 Å². The summed E-state index contributed by atoms with van der Waals surface area (Å²) in [6, 6.07) is 4.14. The van der Waals surface area contributed by atoms with Crippen molar-refractivity contribution in [2.75, 3.05) is 13.2 Å². The molecule has 3 heteroatoms. The zero-order valence-electron chi connectivity index (χ0n) is 7.38. The van der Waals surface area contributed by atoms with Crippen LogP contribution in [0, 0.1) is 0 Å². The van der Waals surface area contributed by atoms with Crippen LogP contribution in [0.1, 0.15) is 18.2 Å². The van der Waals surface area contributed by atoms with Crippen molar-refractivity contribution in [3.05, 3.63) is 17.0 Å². The van der Waals surface area contributed by atoms with E-state index in [-0.39, 0.29) is 0 Å². The predicted molar refractivity (Wildman–Crippen MR) is 52.9 cm³/mol. The fraction of sp³-hybridized carbons (Fsp3) is 0.556. The van der Waals surface area contributed by atoms with E-state index in [1.165, 1.54) is 11.3 Å². The lowest BCUT2D eigenvalue weighted by molar-refractivity contribution is 0.338. The molecule has 1 aromatic rings. The van der Waals surface area contributed by atoms with E-state index in [0.29, 0.717) is 13.2 Å². The van der Waals surface area contributed by atoms with Crippen molar-refractivity contribution in [2.24, 2.45) is 5.73 Å². The van der Waals surface area contributed by atoms with Crippen LogP contribution in [-0.4, -0.2) is 13.2 Å². The van der Waals surface area contributed by atoms with Gasteiger partial charge in [0.15, 0.2) is 5.06 Å². The third-order valence-corrected chi connectivity index (χ3v) is 2.55. The maximum atomic E-state index is 5.38. The molecule has 0 aromatic carbocycles. The van der Waals surface area contributed by atoms with Gasteiger partial charge in [0, 0.05) is 11.4 Å². The van der Waals surface area contributed by atoms with Gasteiger partial charge >= 0.3 is 0 Å². The standard InChI is InChI=1S/C9H15NOS/c1-2-3-8-4-5-9(12-8)11-7-6-10/h4-5H,2-3,6-7,10H2,1H3. The molecule has 0 saturated carbocycles. The molecule has 0 aliphatic rings. The Bertz CT molecular complexity index is 222. The summed E-state index contributed by atoms with van der Waals surface area (Å²) in [4.78, 5) is 1.39. The molecule has 0 aliphatic heterocycles. The Hall–Kier alpha value is -0.540. The van der Waals surface area contributed by atoms with E-state index < -0.39 is 0 Å². The van der Waals surface area contributed by atoms with E-state index in [1.807, 2.05) is 6.07 Å². The summed E-state index contributed by atoms with van der Waals surface area (Å²) < 4.78 is 5.38. The first kappa shape index (κ1) is 9.55. The van der Waals surface area contributed by atoms with Crippen LogP contribution in [0.15, 0.2) is 12.1 Å². The van der Waals surface area contributed by atoms with Gasteiger partial charge in [0.05, 0.1) is 0 Å². The van der Waals surface area contributed by atoms with Crippen LogP contribution in [0.4, 0.5) is 0 Å². The molecule has 2 N–H and O–H groups in total. The van der Waals surface area contributed by atoms with Gasteiger partial charge in [0.1, 0.15) is 6.61 Å². The average Bonchev–Trinajstić information content (AvgIpc) is 2.50. The van der Waals surface area contributed by atoms with Crippen LogP contribution in [0.5, 0.6) is 5.06 Å². The summed E-state index contributed by atoms with van der Waals surface area (Å²) in [6.45, 7) is 3.38. The highest BCUT2D eigenvalue weighted by Crippen LogP contribution is 2.24. The Morgan fingerprint density at radius 3 is 3.00 bits per heavy atom. The number of aryl methyl sites for hydroxylation is 1. The molecule has 12 heavy (non-hydrogen) atoms. The second kappa shape index (κ2) is 5.17. The molecule has 0 atom stereocenters. The predicted octanol–water partition coefficient (Wildman–Crippen LogP) is 2.04. The zero-order valence-corrected chi connectivity index (χ0v) is 8.19. The quantitative estimate of drug-likeness (QED) is 0.762. The lowest BCUT2D eigenvalue weighted by Crippen LogP contribution is -2.09. The third-order valence-electron chi connectivity index (χ3n) is 1.50. The smallest absolute Gasteiger partial charge is 0.174 e. The van der Waals surface area contributed by atoms with Crippen LogP contribution in [-0.2, 0) is 6.42 Å². The Kier molecular flexibility index (Phi) is 4.11. The van der Waals surface area contributed by atoms with Crippen LogP contribution in [0.3, 0.4) is 0 Å². The van der Waals surface area contributed by atoms with Crippen LogP contribution < -0.4 is 10.5 Å². The topological polar surface area (TPSA) is 35.2 Å². The monoisotopic (exact) mass is 185 g/mol. The highest BCUT2D eigenvalue weighted by atomic mass is 32.1. The minimum atomic E-state index is 0.584. The summed E-state index contributed by atoms with van der Waals surface area (Å²) in [6.07, 6.45) is 2.34. The molecule has 0 aliphatic carbocycles. The van der Waals surface area contributed by atoms with Crippen molar-refractivity contribution < 1.29 is 4.74 Å². The summed E-state index contributed by atoms with van der Waals surface area (Å²) in [7, 11) is 0. The van der Waals surface area contributed by atoms with Crippen LogP contribution >= 0.6 is 11.3 Å². The summed E-state index contributed by atoms with van der Waals surface area (Å²) in [5.41, 5.74) is 5.32.